The van der Waals surface area contributed by atoms with Crippen LogP contribution in [0.4, 0.5) is 18.9 Å². The topological polar surface area (TPSA) is 80.0 Å². The third-order valence-corrected chi connectivity index (χ3v) is 5.83. The van der Waals surface area contributed by atoms with E-state index in [0.29, 0.717) is 21.6 Å². The molecule has 1 N–H and O–H groups in total. The molecule has 1 aliphatic rings. The summed E-state index contributed by atoms with van der Waals surface area (Å²) in [4.78, 5) is 27.8. The van der Waals surface area contributed by atoms with Crippen molar-refractivity contribution in [1.29, 1.82) is 0 Å². The molecule has 5 rings (SSSR count). The van der Waals surface area contributed by atoms with Crippen LogP contribution in [-0.2, 0) is 4.79 Å². The SMILES string of the molecule is O=C(C1=C(O)C(=O)N(c2cccc(OC(F)(F)F)c2)C1c1ccccc1)c1cc2cc(Cl)ccc2o1. The number of hydrogen-bond acceptors (Lipinski definition) is 5. The van der Waals surface area contributed by atoms with Gasteiger partial charge in [-0.15, -0.1) is 13.2 Å². The van der Waals surface area contributed by atoms with Crippen molar-refractivity contribution >= 4 is 39.9 Å². The van der Waals surface area contributed by atoms with Crippen LogP contribution in [0.25, 0.3) is 11.0 Å². The average Bonchev–Trinajstić information content (AvgIpc) is 3.37. The predicted octanol–water partition coefficient (Wildman–Crippen LogP) is 6.77. The van der Waals surface area contributed by atoms with E-state index in [1.807, 2.05) is 0 Å². The molecule has 0 saturated carbocycles. The molecule has 10 heteroatoms. The number of aliphatic hydroxyl groups is 1. The minimum absolute atomic E-state index is 0.0126. The Bertz CT molecular complexity index is 1530. The fourth-order valence-electron chi connectivity index (χ4n) is 4.14. The van der Waals surface area contributed by atoms with E-state index in [0.717, 1.165) is 17.0 Å². The Labute approximate surface area is 206 Å². The minimum Gasteiger partial charge on any atom is -0.503 e. The van der Waals surface area contributed by atoms with E-state index < -0.39 is 35.6 Å². The number of rotatable bonds is 5. The Morgan fingerprint density at radius 3 is 2.47 bits per heavy atom. The Morgan fingerprint density at radius 1 is 1.00 bits per heavy atom. The Balaban J connectivity index is 1.61. The van der Waals surface area contributed by atoms with E-state index in [4.69, 9.17) is 16.0 Å². The second-order valence-corrected chi connectivity index (χ2v) is 8.35. The molecular weight excluding hydrogens is 499 g/mol. The van der Waals surface area contributed by atoms with Crippen LogP contribution in [0.15, 0.2) is 94.6 Å². The predicted molar refractivity (Wildman–Crippen MR) is 125 cm³/mol. The molecule has 0 spiro atoms. The van der Waals surface area contributed by atoms with Crippen molar-refractivity contribution in [3.63, 3.8) is 0 Å². The monoisotopic (exact) mass is 513 g/mol. The van der Waals surface area contributed by atoms with Crippen molar-refractivity contribution in [2.45, 2.75) is 12.4 Å². The molecule has 1 aliphatic heterocycles. The first kappa shape index (κ1) is 23.5. The fraction of sp³-hybridized carbons (Fsp3) is 0.0769. The number of furan rings is 1. The van der Waals surface area contributed by atoms with Gasteiger partial charge < -0.3 is 14.3 Å². The zero-order chi connectivity index (χ0) is 25.6. The number of halogens is 4. The van der Waals surface area contributed by atoms with Crippen molar-refractivity contribution in [3.8, 4) is 5.75 Å². The van der Waals surface area contributed by atoms with Crippen molar-refractivity contribution < 1.29 is 37.0 Å². The van der Waals surface area contributed by atoms with E-state index in [1.165, 1.54) is 18.2 Å². The maximum Gasteiger partial charge on any atom is 0.573 e. The first-order valence-corrected chi connectivity index (χ1v) is 10.9. The molecule has 6 nitrogen and oxygen atoms in total. The second-order valence-electron chi connectivity index (χ2n) is 7.92. The van der Waals surface area contributed by atoms with Crippen LogP contribution in [0.5, 0.6) is 5.75 Å². The lowest BCUT2D eigenvalue weighted by atomic mass is 9.95. The molecule has 0 radical (unpaired) electrons. The Kier molecular flexibility index (Phi) is 5.72. The van der Waals surface area contributed by atoms with Gasteiger partial charge in [-0.3, -0.25) is 14.5 Å². The van der Waals surface area contributed by atoms with Gasteiger partial charge in [0.05, 0.1) is 11.6 Å². The van der Waals surface area contributed by atoms with Gasteiger partial charge >= 0.3 is 6.36 Å². The molecule has 182 valence electrons. The number of Topliss-reactive ketones (excluding diaryl/α,β-unsaturated/α-hetero) is 1. The zero-order valence-electron chi connectivity index (χ0n) is 18.1. The van der Waals surface area contributed by atoms with Crippen molar-refractivity contribution in [3.05, 3.63) is 107 Å². The number of nitrogens with zero attached hydrogens (tertiary/aromatic N) is 1. The number of amides is 1. The van der Waals surface area contributed by atoms with Crippen molar-refractivity contribution in [2.24, 2.45) is 0 Å². The van der Waals surface area contributed by atoms with E-state index >= 15 is 0 Å². The highest BCUT2D eigenvalue weighted by Crippen LogP contribution is 2.43. The number of ether oxygens (including phenoxy) is 1. The van der Waals surface area contributed by atoms with Gasteiger partial charge in [0.15, 0.2) is 11.5 Å². The van der Waals surface area contributed by atoms with Crippen LogP contribution in [0, 0.1) is 0 Å². The van der Waals surface area contributed by atoms with Crippen LogP contribution in [0.3, 0.4) is 0 Å². The number of fused-ring (bicyclic) bond motifs is 1. The molecule has 4 aromatic rings. The molecule has 0 fully saturated rings. The highest BCUT2D eigenvalue weighted by atomic mass is 35.5. The molecule has 1 unspecified atom stereocenters. The lowest BCUT2D eigenvalue weighted by Gasteiger charge is -2.27. The summed E-state index contributed by atoms with van der Waals surface area (Å²) in [5, 5.41) is 11.8. The Hall–Kier alpha value is -4.24. The fourth-order valence-corrected chi connectivity index (χ4v) is 4.32. The van der Waals surface area contributed by atoms with Gasteiger partial charge in [0.2, 0.25) is 5.78 Å². The molecule has 1 atom stereocenters. The molecule has 36 heavy (non-hydrogen) atoms. The summed E-state index contributed by atoms with van der Waals surface area (Å²) >= 11 is 6.01. The maximum absolute atomic E-state index is 13.6. The van der Waals surface area contributed by atoms with Crippen LogP contribution < -0.4 is 9.64 Å². The van der Waals surface area contributed by atoms with Crippen molar-refractivity contribution in [2.75, 3.05) is 4.90 Å². The van der Waals surface area contributed by atoms with Crippen LogP contribution >= 0.6 is 11.6 Å². The number of benzene rings is 3. The van der Waals surface area contributed by atoms with E-state index in [-0.39, 0.29) is 17.0 Å². The number of carbonyl (C=O) groups excluding carboxylic acids is 2. The largest absolute Gasteiger partial charge is 0.573 e. The third kappa shape index (κ3) is 4.29. The number of alkyl halides is 3. The first-order valence-electron chi connectivity index (χ1n) is 10.5. The molecule has 2 heterocycles. The van der Waals surface area contributed by atoms with Gasteiger partial charge in [-0.25, -0.2) is 0 Å². The van der Waals surface area contributed by atoms with Crippen LogP contribution in [0.2, 0.25) is 5.02 Å². The second kappa shape index (κ2) is 8.76. The highest BCUT2D eigenvalue weighted by molar-refractivity contribution is 6.31. The maximum atomic E-state index is 13.6. The molecule has 0 aliphatic carbocycles. The summed E-state index contributed by atoms with van der Waals surface area (Å²) in [5.41, 5.74) is 0.525. The molecule has 0 saturated heterocycles. The number of ketones is 1. The molecule has 3 aromatic carbocycles. The molecular formula is C26H15ClF3NO5. The summed E-state index contributed by atoms with van der Waals surface area (Å²) in [6.45, 7) is 0. The Morgan fingerprint density at radius 2 is 1.75 bits per heavy atom. The smallest absolute Gasteiger partial charge is 0.503 e. The van der Waals surface area contributed by atoms with E-state index in [9.17, 15) is 27.9 Å². The lowest BCUT2D eigenvalue weighted by molar-refractivity contribution is -0.274. The van der Waals surface area contributed by atoms with Crippen LogP contribution in [-0.4, -0.2) is 23.2 Å². The molecule has 1 aromatic heterocycles. The normalized spacial score (nSPS) is 16.2. The number of aliphatic hydroxyl groups excluding tert-OH is 1. The number of hydrogen-bond donors (Lipinski definition) is 1. The van der Waals surface area contributed by atoms with Crippen molar-refractivity contribution in [1.82, 2.24) is 0 Å². The minimum atomic E-state index is -4.95. The van der Waals surface area contributed by atoms with Gasteiger partial charge in [-0.1, -0.05) is 48.0 Å². The lowest BCUT2D eigenvalue weighted by Crippen LogP contribution is -2.31. The average molecular weight is 514 g/mol. The van der Waals surface area contributed by atoms with Crippen LogP contribution in [0.1, 0.15) is 22.2 Å². The summed E-state index contributed by atoms with van der Waals surface area (Å²) in [6, 6.07) is 18.1. The molecule has 1 amide bonds. The van der Waals surface area contributed by atoms with Gasteiger partial charge in [-0.05, 0) is 42.0 Å². The first-order chi connectivity index (χ1) is 17.1. The van der Waals surface area contributed by atoms with Gasteiger partial charge in [0, 0.05) is 22.2 Å². The zero-order valence-corrected chi connectivity index (χ0v) is 18.9. The van der Waals surface area contributed by atoms with Gasteiger partial charge in [-0.2, -0.15) is 0 Å². The quantitative estimate of drug-likeness (QED) is 0.298. The molecule has 0 bridgehead atoms. The summed E-state index contributed by atoms with van der Waals surface area (Å²) in [6.07, 6.45) is -4.95. The van der Waals surface area contributed by atoms with Gasteiger partial charge in [0.1, 0.15) is 11.3 Å². The number of anilines is 1. The standard InChI is InChI=1S/C26H15ClF3NO5/c27-16-9-10-19-15(11-16)12-20(35-19)23(32)21-22(14-5-2-1-3-6-14)31(25(34)24(21)33)17-7-4-8-18(13-17)36-26(28,29)30/h1-13,22,33H. The highest BCUT2D eigenvalue weighted by Gasteiger charge is 2.45. The van der Waals surface area contributed by atoms with E-state index in [1.54, 1.807) is 48.5 Å². The summed E-state index contributed by atoms with van der Waals surface area (Å²) < 4.78 is 48.0. The van der Waals surface area contributed by atoms with Gasteiger partial charge in [0.25, 0.3) is 5.91 Å². The third-order valence-electron chi connectivity index (χ3n) is 5.60. The summed E-state index contributed by atoms with van der Waals surface area (Å²) in [7, 11) is 0. The summed E-state index contributed by atoms with van der Waals surface area (Å²) in [5.74, 6) is -3.26. The number of carbonyl (C=O) groups is 2. The van der Waals surface area contributed by atoms with E-state index in [2.05, 4.69) is 4.74 Å².